The summed E-state index contributed by atoms with van der Waals surface area (Å²) in [6.07, 6.45) is 6.73. The molecule has 0 spiro atoms. The van der Waals surface area contributed by atoms with Crippen LogP contribution >= 0.6 is 0 Å². The third-order valence-corrected chi connectivity index (χ3v) is 2.01. The van der Waals surface area contributed by atoms with E-state index in [0.717, 1.165) is 11.1 Å². The molecule has 1 aromatic heterocycles. The third kappa shape index (κ3) is 2.33. The molecule has 0 aliphatic rings. The highest BCUT2D eigenvalue weighted by atomic mass is 16.3. The van der Waals surface area contributed by atoms with E-state index in [2.05, 4.69) is 4.98 Å². The van der Waals surface area contributed by atoms with Crippen LogP contribution in [-0.2, 0) is 0 Å². The van der Waals surface area contributed by atoms with Crippen molar-refractivity contribution in [1.82, 2.24) is 4.98 Å². The molecule has 0 radical (unpaired) electrons. The van der Waals surface area contributed by atoms with Gasteiger partial charge in [-0.15, -0.1) is 0 Å². The van der Waals surface area contributed by atoms with Gasteiger partial charge >= 0.3 is 0 Å². The zero-order valence-corrected chi connectivity index (χ0v) is 8.13. The van der Waals surface area contributed by atoms with E-state index in [9.17, 15) is 0 Å². The number of hydrogen-bond donors (Lipinski definition) is 1. The fourth-order valence-corrected chi connectivity index (χ4v) is 1.29. The third-order valence-electron chi connectivity index (χ3n) is 2.01. The lowest BCUT2D eigenvalue weighted by Crippen LogP contribution is -1.78. The molecule has 0 fully saturated rings. The van der Waals surface area contributed by atoms with E-state index in [1.807, 2.05) is 30.3 Å². The highest BCUT2D eigenvalue weighted by Crippen LogP contribution is 2.17. The summed E-state index contributed by atoms with van der Waals surface area (Å²) in [7, 11) is 0. The first-order valence-electron chi connectivity index (χ1n) is 4.67. The molecule has 0 aliphatic carbocycles. The molecule has 15 heavy (non-hydrogen) atoms. The van der Waals surface area contributed by atoms with Gasteiger partial charge in [-0.3, -0.25) is 0 Å². The second-order valence-corrected chi connectivity index (χ2v) is 3.04. The van der Waals surface area contributed by atoms with Crippen molar-refractivity contribution >= 4 is 6.08 Å². The van der Waals surface area contributed by atoms with Gasteiger partial charge in [-0.05, 0) is 17.7 Å². The summed E-state index contributed by atoms with van der Waals surface area (Å²) in [5.74, 6) is 0.618. The Morgan fingerprint density at radius 3 is 2.67 bits per heavy atom. The van der Waals surface area contributed by atoms with E-state index in [0.29, 0.717) is 5.89 Å². The molecule has 3 heteroatoms. The average molecular weight is 201 g/mol. The number of rotatable bonds is 3. The molecule has 0 atom stereocenters. The predicted octanol–water partition coefficient (Wildman–Crippen LogP) is 2.35. The van der Waals surface area contributed by atoms with Gasteiger partial charge in [0.2, 0.25) is 5.89 Å². The minimum Gasteiger partial charge on any atom is -0.445 e. The van der Waals surface area contributed by atoms with Crippen molar-refractivity contribution in [3.05, 3.63) is 48.4 Å². The second-order valence-electron chi connectivity index (χ2n) is 3.04. The van der Waals surface area contributed by atoms with Crippen LogP contribution in [0.25, 0.3) is 17.5 Å². The average Bonchev–Trinajstić information content (AvgIpc) is 2.80. The fourth-order valence-electron chi connectivity index (χ4n) is 1.29. The molecule has 0 saturated carbocycles. The van der Waals surface area contributed by atoms with E-state index in [-0.39, 0.29) is 6.61 Å². The first-order chi connectivity index (χ1) is 7.40. The summed E-state index contributed by atoms with van der Waals surface area (Å²) >= 11 is 0. The van der Waals surface area contributed by atoms with Crippen LogP contribution in [0.4, 0.5) is 0 Å². The van der Waals surface area contributed by atoms with Crippen LogP contribution in [-0.4, -0.2) is 16.7 Å². The first kappa shape index (κ1) is 9.68. The molecule has 3 nitrogen and oxygen atoms in total. The van der Waals surface area contributed by atoms with Gasteiger partial charge in [0.05, 0.1) is 12.8 Å². The Bertz CT molecular complexity index is 429. The van der Waals surface area contributed by atoms with Crippen LogP contribution in [0.2, 0.25) is 0 Å². The van der Waals surface area contributed by atoms with Crippen molar-refractivity contribution in [2.75, 3.05) is 6.61 Å². The minimum atomic E-state index is 0.0570. The van der Waals surface area contributed by atoms with E-state index < -0.39 is 0 Å². The number of hydrogen-bond acceptors (Lipinski definition) is 3. The van der Waals surface area contributed by atoms with E-state index >= 15 is 0 Å². The SMILES string of the molecule is OC/C=C/c1ccc(-c2ncco2)cc1. The molecule has 1 aromatic carbocycles. The van der Waals surface area contributed by atoms with Crippen LogP contribution in [0.15, 0.2) is 47.2 Å². The maximum atomic E-state index is 8.62. The smallest absolute Gasteiger partial charge is 0.225 e. The van der Waals surface area contributed by atoms with E-state index in [1.165, 1.54) is 0 Å². The quantitative estimate of drug-likeness (QED) is 0.829. The Balaban J connectivity index is 2.21. The molecule has 2 rings (SSSR count). The van der Waals surface area contributed by atoms with Gasteiger partial charge in [-0.1, -0.05) is 24.3 Å². The highest BCUT2D eigenvalue weighted by molar-refractivity contribution is 5.58. The number of aromatic nitrogens is 1. The number of aliphatic hydroxyl groups is 1. The molecular weight excluding hydrogens is 190 g/mol. The number of aliphatic hydroxyl groups excluding tert-OH is 1. The fraction of sp³-hybridized carbons (Fsp3) is 0.0833. The molecule has 1 N–H and O–H groups in total. The van der Waals surface area contributed by atoms with E-state index in [4.69, 9.17) is 9.52 Å². The number of oxazole rings is 1. The van der Waals surface area contributed by atoms with Crippen LogP contribution in [0, 0.1) is 0 Å². The minimum absolute atomic E-state index is 0.0570. The predicted molar refractivity (Wildman–Crippen MR) is 58.1 cm³/mol. The Morgan fingerprint density at radius 2 is 2.07 bits per heavy atom. The normalized spacial score (nSPS) is 11.0. The second kappa shape index (κ2) is 4.57. The number of nitrogens with zero attached hydrogens (tertiary/aromatic N) is 1. The van der Waals surface area contributed by atoms with Gasteiger partial charge < -0.3 is 9.52 Å². The van der Waals surface area contributed by atoms with Gasteiger partial charge in [0.1, 0.15) is 6.26 Å². The zero-order chi connectivity index (χ0) is 10.5. The molecule has 0 amide bonds. The monoisotopic (exact) mass is 201 g/mol. The Hall–Kier alpha value is -1.87. The molecule has 1 heterocycles. The Labute approximate surface area is 87.7 Å². The molecule has 2 aromatic rings. The molecule has 76 valence electrons. The van der Waals surface area contributed by atoms with E-state index in [1.54, 1.807) is 18.5 Å². The first-order valence-corrected chi connectivity index (χ1v) is 4.67. The summed E-state index contributed by atoms with van der Waals surface area (Å²) < 4.78 is 5.17. The van der Waals surface area contributed by atoms with Gasteiger partial charge in [-0.2, -0.15) is 0 Å². The molecule has 0 unspecified atom stereocenters. The van der Waals surface area contributed by atoms with Crippen LogP contribution in [0.3, 0.4) is 0 Å². The summed E-state index contributed by atoms with van der Waals surface area (Å²) in [6.45, 7) is 0.0570. The van der Waals surface area contributed by atoms with Crippen molar-refractivity contribution in [3.63, 3.8) is 0 Å². The maximum Gasteiger partial charge on any atom is 0.225 e. The number of benzene rings is 1. The summed E-state index contributed by atoms with van der Waals surface area (Å²) in [4.78, 5) is 4.05. The van der Waals surface area contributed by atoms with Crippen molar-refractivity contribution in [2.45, 2.75) is 0 Å². The lowest BCUT2D eigenvalue weighted by molar-refractivity contribution is 0.343. The molecular formula is C12H11NO2. The zero-order valence-electron chi connectivity index (χ0n) is 8.13. The van der Waals surface area contributed by atoms with Crippen molar-refractivity contribution in [1.29, 1.82) is 0 Å². The van der Waals surface area contributed by atoms with Crippen LogP contribution in [0.1, 0.15) is 5.56 Å². The van der Waals surface area contributed by atoms with Gasteiger partial charge in [0, 0.05) is 5.56 Å². The largest absolute Gasteiger partial charge is 0.445 e. The van der Waals surface area contributed by atoms with Gasteiger partial charge in [0.15, 0.2) is 0 Å². The lowest BCUT2D eigenvalue weighted by atomic mass is 10.1. The van der Waals surface area contributed by atoms with Crippen LogP contribution in [0.5, 0.6) is 0 Å². The van der Waals surface area contributed by atoms with Gasteiger partial charge in [0.25, 0.3) is 0 Å². The molecule has 0 saturated heterocycles. The lowest BCUT2D eigenvalue weighted by Gasteiger charge is -1.96. The molecule has 0 aliphatic heterocycles. The topological polar surface area (TPSA) is 46.3 Å². The molecule has 0 bridgehead atoms. The Kier molecular flexibility index (Phi) is 2.95. The van der Waals surface area contributed by atoms with Crippen molar-refractivity contribution < 1.29 is 9.52 Å². The maximum absolute atomic E-state index is 8.62. The summed E-state index contributed by atoms with van der Waals surface area (Å²) in [5, 5.41) is 8.62. The highest BCUT2D eigenvalue weighted by Gasteiger charge is 2.00. The van der Waals surface area contributed by atoms with Crippen LogP contribution < -0.4 is 0 Å². The van der Waals surface area contributed by atoms with Gasteiger partial charge in [-0.25, -0.2) is 4.98 Å². The summed E-state index contributed by atoms with van der Waals surface area (Å²) in [6, 6.07) is 7.77. The summed E-state index contributed by atoms with van der Waals surface area (Å²) in [5.41, 5.74) is 1.99. The van der Waals surface area contributed by atoms with Crippen molar-refractivity contribution in [3.8, 4) is 11.5 Å². The Morgan fingerprint density at radius 1 is 1.27 bits per heavy atom. The van der Waals surface area contributed by atoms with Crippen molar-refractivity contribution in [2.24, 2.45) is 0 Å². The standard InChI is InChI=1S/C12H11NO2/c14-8-1-2-10-3-5-11(6-4-10)12-13-7-9-15-12/h1-7,9,14H,8H2/b2-1+.